The zero-order valence-electron chi connectivity index (χ0n) is 46.5. The summed E-state index contributed by atoms with van der Waals surface area (Å²) >= 11 is 0. The summed E-state index contributed by atoms with van der Waals surface area (Å²) in [6.07, 6.45) is 0. The van der Waals surface area contributed by atoms with Crippen molar-refractivity contribution in [3.63, 3.8) is 0 Å². The van der Waals surface area contributed by atoms with E-state index in [0.29, 0.717) is 0 Å². The fourth-order valence-corrected chi connectivity index (χ4v) is 18.1. The Morgan fingerprint density at radius 3 is 1.18 bits per heavy atom. The Bertz CT molecular complexity index is 5110. The van der Waals surface area contributed by atoms with Crippen LogP contribution in [0.1, 0.15) is 205 Å². The Morgan fingerprint density at radius 2 is 0.772 bits per heavy atom. The lowest BCUT2D eigenvalue weighted by atomic mass is 9.43. The van der Waals surface area contributed by atoms with Gasteiger partial charge < -0.3 is 8.80 Å². The minimum absolute atomic E-state index is 0.00178. The number of rotatable bonds is 2. The van der Waals surface area contributed by atoms with Gasteiger partial charge in [0.25, 0.3) is 0 Å². The lowest BCUT2D eigenvalue weighted by Gasteiger charge is -2.58. The molecule has 378 valence electrons. The molecule has 0 saturated heterocycles. The minimum atomic E-state index is -0.184. The fourth-order valence-electron chi connectivity index (χ4n) is 18.1. The number of fused-ring (bicyclic) bond motifs is 21. The summed E-state index contributed by atoms with van der Waals surface area (Å²) in [5.74, 6) is 0.404. The first kappa shape index (κ1) is 44.5. The first-order valence-electron chi connectivity index (χ1n) is 28.9. The van der Waals surface area contributed by atoms with Gasteiger partial charge in [0, 0.05) is 72.2 Å². The van der Waals surface area contributed by atoms with E-state index in [1.165, 1.54) is 154 Å². The van der Waals surface area contributed by atoms with E-state index in [-0.39, 0.29) is 51.8 Å². The van der Waals surface area contributed by atoms with Crippen molar-refractivity contribution in [2.24, 2.45) is 0 Å². The predicted octanol–water partition coefficient (Wildman–Crippen LogP) is 18.4. The van der Waals surface area contributed by atoms with E-state index in [0.717, 1.165) is 22.3 Å². The number of aromatic nitrogens is 2. The van der Waals surface area contributed by atoms with E-state index in [9.17, 15) is 10.5 Å². The van der Waals surface area contributed by atoms with Gasteiger partial charge in [-0.05, 0) is 148 Å². The first-order chi connectivity index (χ1) is 38.1. The number of nitriles is 2. The first-order valence-corrected chi connectivity index (χ1v) is 28.9. The summed E-state index contributed by atoms with van der Waals surface area (Å²) < 4.78 is 5.26. The summed E-state index contributed by atoms with van der Waals surface area (Å²) in [6.45, 7) is 23.4. The van der Waals surface area contributed by atoms with Gasteiger partial charge in [0.15, 0.2) is 0 Å². The third-order valence-electron chi connectivity index (χ3n) is 20.9. The predicted molar refractivity (Wildman–Crippen MR) is 323 cm³/mol. The Hall–Kier alpha value is -8.44. The van der Waals surface area contributed by atoms with Gasteiger partial charge in [0.1, 0.15) is 0 Å². The average Bonchev–Trinajstić information content (AvgIpc) is 1.69. The van der Waals surface area contributed by atoms with E-state index < -0.39 is 0 Å². The molecule has 0 fully saturated rings. The number of benzene rings is 9. The summed E-state index contributed by atoms with van der Waals surface area (Å²) in [5.41, 5.74) is 29.6. The van der Waals surface area contributed by atoms with Gasteiger partial charge in [0.05, 0.1) is 56.4 Å². The van der Waals surface area contributed by atoms with E-state index in [2.05, 4.69) is 224 Å². The molecule has 2 bridgehead atoms. The van der Waals surface area contributed by atoms with Gasteiger partial charge >= 0.3 is 0 Å². The Morgan fingerprint density at radius 1 is 0.418 bits per heavy atom. The highest BCUT2D eigenvalue weighted by Gasteiger charge is 2.70. The zero-order chi connectivity index (χ0) is 53.6. The van der Waals surface area contributed by atoms with Crippen LogP contribution in [0.15, 0.2) is 133 Å². The quantitative estimate of drug-likeness (QED) is 0.173. The standard InChI is InChI=1S/C75H58N4/c1-35(2)55-49(33-76)61-57-39-19-11-13-21-41(39)58(42-22-14-12-20-40(42)57)65(61)63-47-31-37(73(5,6)7)29-45-59-53(78(69(45)47)71(55)63)27-28-54-60(59)46-30-38(74(8,9)10)32-48-64-66-62(50(34-77)56(36(3)4)72(64)79(54)70(46)48)67-43-23-15-17-25-51(43)75(67)52-26-18-16-24-44(52)68(66)75/h11-32,35-36,57-58,67-68H,1-10H3. The molecule has 1 spiro atoms. The molecular formula is C75H58N4. The molecule has 3 unspecified atom stereocenters. The van der Waals surface area contributed by atoms with Crippen molar-refractivity contribution in [3.8, 4) is 12.1 Å². The van der Waals surface area contributed by atoms with Crippen LogP contribution in [0.3, 0.4) is 0 Å². The van der Waals surface area contributed by atoms with Crippen molar-refractivity contribution in [2.75, 3.05) is 0 Å². The topological polar surface area (TPSA) is 56.4 Å². The van der Waals surface area contributed by atoms with Crippen molar-refractivity contribution in [1.82, 2.24) is 8.80 Å². The third kappa shape index (κ3) is 4.68. The molecule has 13 aromatic rings. The van der Waals surface area contributed by atoms with Gasteiger partial charge in [-0.25, -0.2) is 0 Å². The van der Waals surface area contributed by atoms with Crippen molar-refractivity contribution in [1.29, 1.82) is 10.5 Å². The van der Waals surface area contributed by atoms with Gasteiger partial charge in [0.2, 0.25) is 0 Å². The lowest BCUT2D eigenvalue weighted by Crippen LogP contribution is -2.52. The molecule has 19 rings (SSSR count). The van der Waals surface area contributed by atoms with Gasteiger partial charge in [-0.15, -0.1) is 0 Å². The van der Waals surface area contributed by atoms with Gasteiger partial charge in [-0.3, -0.25) is 0 Å². The molecule has 4 nitrogen and oxygen atoms in total. The molecule has 4 heterocycles. The monoisotopic (exact) mass is 1010 g/mol. The molecule has 4 heteroatoms. The third-order valence-corrected chi connectivity index (χ3v) is 20.9. The molecule has 79 heavy (non-hydrogen) atoms. The summed E-state index contributed by atoms with van der Waals surface area (Å²) in [5, 5.41) is 34.0. The normalized spacial score (nSPS) is 20.3. The van der Waals surface area contributed by atoms with E-state index >= 15 is 0 Å². The van der Waals surface area contributed by atoms with E-state index in [4.69, 9.17) is 0 Å². The molecule has 0 aliphatic heterocycles. The van der Waals surface area contributed by atoms with Gasteiger partial charge in [-0.1, -0.05) is 166 Å². The maximum absolute atomic E-state index is 11.9. The Balaban J connectivity index is 1.05. The smallest absolute Gasteiger partial charge is 0.0998 e. The molecule has 6 aliphatic rings. The van der Waals surface area contributed by atoms with Gasteiger partial charge in [-0.2, -0.15) is 10.5 Å². The van der Waals surface area contributed by atoms with Crippen molar-refractivity contribution >= 4 is 76.2 Å². The second-order valence-corrected chi connectivity index (χ2v) is 27.1. The van der Waals surface area contributed by atoms with E-state index in [1.807, 2.05) is 0 Å². The number of hydrogen-bond donors (Lipinski definition) is 0. The molecule has 0 amide bonds. The highest BCUT2D eigenvalue weighted by atomic mass is 14.9. The van der Waals surface area contributed by atoms with E-state index in [1.54, 1.807) is 0 Å². The fraction of sp³-hybridized carbons (Fsp3) is 0.253. The summed E-state index contributed by atoms with van der Waals surface area (Å²) in [4.78, 5) is 0. The van der Waals surface area contributed by atoms with Crippen molar-refractivity contribution in [3.05, 3.63) is 234 Å². The van der Waals surface area contributed by atoms with Crippen LogP contribution in [0, 0.1) is 22.7 Å². The molecule has 0 saturated carbocycles. The molecule has 0 radical (unpaired) electrons. The highest BCUT2D eigenvalue weighted by molar-refractivity contribution is 6.36. The zero-order valence-corrected chi connectivity index (χ0v) is 46.5. The Labute approximate surface area is 459 Å². The van der Waals surface area contributed by atoms with Crippen LogP contribution in [0.4, 0.5) is 0 Å². The average molecular weight is 1020 g/mol. The summed E-state index contributed by atoms with van der Waals surface area (Å²) in [6, 6.07) is 57.4. The SMILES string of the molecule is CC(C)c1c(C#N)c2c(c3c4cc(C(C)(C)C)cc5c6c7c8cc(C(C)(C)C)cc9c%10c%11c(c(C#N)c(C(C)C)c%10n(c7ccc6n(c13)c45)c98)C1c3ccccc3C13c1ccccc1C%113)C1c3ccccc3C2c2ccccc21. The molecular weight excluding hydrogens is 957 g/mol. The maximum Gasteiger partial charge on any atom is 0.0998 e. The highest BCUT2D eigenvalue weighted by Crippen LogP contribution is 2.79. The van der Waals surface area contributed by atoms with Crippen molar-refractivity contribution < 1.29 is 0 Å². The number of nitrogens with zero attached hydrogens (tertiary/aromatic N) is 4. The molecule has 0 N–H and O–H groups in total. The van der Waals surface area contributed by atoms with Crippen LogP contribution < -0.4 is 0 Å². The Kier molecular flexibility index (Phi) is 7.82. The van der Waals surface area contributed by atoms with Crippen LogP contribution in [0.5, 0.6) is 0 Å². The van der Waals surface area contributed by atoms with Crippen LogP contribution in [0.25, 0.3) is 76.2 Å². The van der Waals surface area contributed by atoms with Crippen molar-refractivity contribution in [2.45, 2.75) is 121 Å². The molecule has 4 aromatic heterocycles. The second kappa shape index (κ2) is 13.9. The van der Waals surface area contributed by atoms with Crippen LogP contribution >= 0.6 is 0 Å². The van der Waals surface area contributed by atoms with Crippen LogP contribution in [0.2, 0.25) is 0 Å². The summed E-state index contributed by atoms with van der Waals surface area (Å²) in [7, 11) is 0. The minimum Gasteiger partial charge on any atom is -0.308 e. The molecule has 6 aliphatic carbocycles. The number of hydrogen-bond acceptors (Lipinski definition) is 2. The largest absolute Gasteiger partial charge is 0.308 e. The van der Waals surface area contributed by atoms with Crippen LogP contribution in [-0.2, 0) is 16.2 Å². The lowest BCUT2D eigenvalue weighted by molar-refractivity contribution is 0.333. The second-order valence-electron chi connectivity index (χ2n) is 27.1. The molecule has 9 aromatic carbocycles. The molecule has 3 atom stereocenters. The maximum atomic E-state index is 11.9. The van der Waals surface area contributed by atoms with Crippen LogP contribution in [-0.4, -0.2) is 8.80 Å².